The molecule has 4 rings (SSSR count). The van der Waals surface area contributed by atoms with Crippen molar-refractivity contribution in [2.75, 3.05) is 6.61 Å². The molecule has 3 aromatic heterocycles. The summed E-state index contributed by atoms with van der Waals surface area (Å²) in [7, 11) is 0. The molecule has 0 spiro atoms. The lowest BCUT2D eigenvalue weighted by Crippen LogP contribution is -2.22. The van der Waals surface area contributed by atoms with Gasteiger partial charge in [-0.1, -0.05) is 12.1 Å². The summed E-state index contributed by atoms with van der Waals surface area (Å²) in [5.74, 6) is 0.718. The Bertz CT molecular complexity index is 1080. The van der Waals surface area contributed by atoms with Gasteiger partial charge in [-0.15, -0.1) is 0 Å². The standard InChI is InChI=1S/C21H23N5O2/c1-21(2,3)28-12-18(27)16-9-15-7-8-26(20(15)22-11-16)17-6-4-5-14(10-17)19-23-13-24-25-19/h4-11,13,18,27H,12H2,1-3H3,(H,23,24,25)/t18-/m0/s1. The zero-order valence-electron chi connectivity index (χ0n) is 16.1. The van der Waals surface area contributed by atoms with Crippen LogP contribution in [0.4, 0.5) is 0 Å². The number of hydrogen-bond acceptors (Lipinski definition) is 5. The van der Waals surface area contributed by atoms with Crippen LogP contribution in [0.5, 0.6) is 0 Å². The van der Waals surface area contributed by atoms with Crippen LogP contribution in [-0.4, -0.2) is 42.0 Å². The number of fused-ring (bicyclic) bond motifs is 1. The molecule has 0 radical (unpaired) electrons. The summed E-state index contributed by atoms with van der Waals surface area (Å²) in [5, 5.41) is 18.2. The lowest BCUT2D eigenvalue weighted by Gasteiger charge is -2.22. The molecular weight excluding hydrogens is 354 g/mol. The van der Waals surface area contributed by atoms with Gasteiger partial charge in [-0.25, -0.2) is 9.97 Å². The van der Waals surface area contributed by atoms with Crippen LogP contribution >= 0.6 is 0 Å². The highest BCUT2D eigenvalue weighted by molar-refractivity contribution is 5.79. The number of nitrogens with zero attached hydrogens (tertiary/aromatic N) is 4. The number of nitrogens with one attached hydrogen (secondary N) is 1. The Kier molecular flexibility index (Phi) is 4.70. The number of ether oxygens (including phenoxy) is 1. The van der Waals surface area contributed by atoms with E-state index in [1.807, 2.05) is 67.9 Å². The van der Waals surface area contributed by atoms with Crippen LogP contribution in [0, 0.1) is 0 Å². The highest BCUT2D eigenvalue weighted by Gasteiger charge is 2.16. The Balaban J connectivity index is 1.63. The van der Waals surface area contributed by atoms with Crippen molar-refractivity contribution < 1.29 is 9.84 Å². The van der Waals surface area contributed by atoms with E-state index in [1.54, 1.807) is 6.20 Å². The summed E-state index contributed by atoms with van der Waals surface area (Å²) in [5.41, 5.74) is 3.19. The van der Waals surface area contributed by atoms with Crippen molar-refractivity contribution in [1.29, 1.82) is 0 Å². The molecule has 0 unspecified atom stereocenters. The van der Waals surface area contributed by atoms with E-state index in [1.165, 1.54) is 6.33 Å². The highest BCUT2D eigenvalue weighted by Crippen LogP contribution is 2.25. The van der Waals surface area contributed by atoms with E-state index in [0.29, 0.717) is 0 Å². The fraction of sp³-hybridized carbons (Fsp3) is 0.286. The van der Waals surface area contributed by atoms with Crippen LogP contribution in [-0.2, 0) is 4.74 Å². The van der Waals surface area contributed by atoms with Gasteiger partial charge in [-0.05, 0) is 45.0 Å². The minimum absolute atomic E-state index is 0.233. The highest BCUT2D eigenvalue weighted by atomic mass is 16.5. The van der Waals surface area contributed by atoms with Crippen LogP contribution in [0.3, 0.4) is 0 Å². The second kappa shape index (κ2) is 7.18. The average Bonchev–Trinajstić information content (AvgIpc) is 3.35. The zero-order chi connectivity index (χ0) is 19.7. The number of aliphatic hydroxyl groups excluding tert-OH is 1. The lowest BCUT2D eigenvalue weighted by molar-refractivity contribution is -0.0496. The molecule has 0 bridgehead atoms. The van der Waals surface area contributed by atoms with Gasteiger partial charge >= 0.3 is 0 Å². The molecule has 1 aromatic carbocycles. The molecule has 4 aromatic rings. The second-order valence-corrected chi connectivity index (χ2v) is 7.69. The maximum atomic E-state index is 10.4. The zero-order valence-corrected chi connectivity index (χ0v) is 16.1. The minimum atomic E-state index is -0.714. The van der Waals surface area contributed by atoms with E-state index >= 15 is 0 Å². The first-order valence-electron chi connectivity index (χ1n) is 9.16. The Hall–Kier alpha value is -3.03. The summed E-state index contributed by atoms with van der Waals surface area (Å²) < 4.78 is 7.69. The fourth-order valence-electron chi connectivity index (χ4n) is 3.00. The third kappa shape index (κ3) is 3.81. The maximum Gasteiger partial charge on any atom is 0.155 e. The number of H-pyrrole nitrogens is 1. The first-order valence-corrected chi connectivity index (χ1v) is 9.16. The monoisotopic (exact) mass is 377 g/mol. The molecule has 1 atom stereocenters. The molecule has 2 N–H and O–H groups in total. The van der Waals surface area contributed by atoms with Crippen LogP contribution in [0.2, 0.25) is 0 Å². The Morgan fingerprint density at radius 2 is 2.04 bits per heavy atom. The predicted octanol–water partition coefficient (Wildman–Crippen LogP) is 3.66. The number of aromatic amines is 1. The van der Waals surface area contributed by atoms with Crippen molar-refractivity contribution in [3.8, 4) is 17.1 Å². The third-order valence-electron chi connectivity index (χ3n) is 4.42. The molecule has 3 heterocycles. The predicted molar refractivity (Wildman–Crippen MR) is 107 cm³/mol. The van der Waals surface area contributed by atoms with Gasteiger partial charge in [-0.2, -0.15) is 5.10 Å². The number of hydrogen-bond donors (Lipinski definition) is 2. The normalized spacial score (nSPS) is 13.1. The average molecular weight is 377 g/mol. The van der Waals surface area contributed by atoms with Crippen LogP contribution in [0.25, 0.3) is 28.1 Å². The SMILES string of the molecule is CC(C)(C)OC[C@H](O)c1cnc2c(ccn2-c2cccc(-c3ncn[nH]3)c2)c1. The molecule has 7 heteroatoms. The Morgan fingerprint density at radius 1 is 1.18 bits per heavy atom. The third-order valence-corrected chi connectivity index (χ3v) is 4.42. The molecule has 28 heavy (non-hydrogen) atoms. The molecule has 7 nitrogen and oxygen atoms in total. The second-order valence-electron chi connectivity index (χ2n) is 7.69. The van der Waals surface area contributed by atoms with Gasteiger partial charge in [0.15, 0.2) is 5.82 Å². The fourth-order valence-corrected chi connectivity index (χ4v) is 3.00. The molecule has 0 aliphatic heterocycles. The maximum absolute atomic E-state index is 10.4. The van der Waals surface area contributed by atoms with Gasteiger partial charge in [0.05, 0.1) is 12.2 Å². The summed E-state index contributed by atoms with van der Waals surface area (Å²) in [4.78, 5) is 8.79. The van der Waals surface area contributed by atoms with Crippen molar-refractivity contribution in [1.82, 2.24) is 24.7 Å². The summed E-state index contributed by atoms with van der Waals surface area (Å²) in [6.45, 7) is 6.13. The Morgan fingerprint density at radius 3 is 2.79 bits per heavy atom. The number of aliphatic hydroxyl groups is 1. The van der Waals surface area contributed by atoms with Gasteiger partial charge < -0.3 is 14.4 Å². The van der Waals surface area contributed by atoms with Gasteiger partial charge in [0.1, 0.15) is 18.1 Å². The van der Waals surface area contributed by atoms with E-state index in [2.05, 4.69) is 20.2 Å². The van der Waals surface area contributed by atoms with Crippen LogP contribution < -0.4 is 0 Å². The Labute approximate surface area is 163 Å². The molecule has 0 aliphatic rings. The number of rotatable bonds is 5. The van der Waals surface area contributed by atoms with E-state index in [0.717, 1.165) is 33.7 Å². The molecule has 0 saturated heterocycles. The summed E-state index contributed by atoms with van der Waals surface area (Å²) >= 11 is 0. The summed E-state index contributed by atoms with van der Waals surface area (Å²) in [6, 6.07) is 11.9. The lowest BCUT2D eigenvalue weighted by atomic mass is 10.1. The largest absolute Gasteiger partial charge is 0.386 e. The van der Waals surface area contributed by atoms with Gasteiger partial charge in [0.25, 0.3) is 0 Å². The number of benzene rings is 1. The van der Waals surface area contributed by atoms with E-state index in [-0.39, 0.29) is 12.2 Å². The molecule has 0 saturated carbocycles. The molecule has 0 amide bonds. The number of aromatic nitrogens is 5. The van der Waals surface area contributed by atoms with Crippen molar-refractivity contribution >= 4 is 11.0 Å². The van der Waals surface area contributed by atoms with Crippen LogP contribution in [0.1, 0.15) is 32.4 Å². The molecular formula is C21H23N5O2. The van der Waals surface area contributed by atoms with E-state index in [4.69, 9.17) is 4.74 Å². The van der Waals surface area contributed by atoms with Crippen molar-refractivity contribution in [3.63, 3.8) is 0 Å². The summed E-state index contributed by atoms with van der Waals surface area (Å²) in [6.07, 6.45) is 4.45. The molecule has 144 valence electrons. The topological polar surface area (TPSA) is 88.8 Å². The quantitative estimate of drug-likeness (QED) is 0.554. The van der Waals surface area contributed by atoms with Gasteiger partial charge in [0.2, 0.25) is 0 Å². The van der Waals surface area contributed by atoms with Gasteiger partial charge in [-0.3, -0.25) is 5.10 Å². The minimum Gasteiger partial charge on any atom is -0.386 e. The van der Waals surface area contributed by atoms with Crippen molar-refractivity contribution in [2.24, 2.45) is 0 Å². The smallest absolute Gasteiger partial charge is 0.155 e. The molecule has 0 aliphatic carbocycles. The number of pyridine rings is 1. The van der Waals surface area contributed by atoms with Crippen molar-refractivity contribution in [2.45, 2.75) is 32.5 Å². The van der Waals surface area contributed by atoms with E-state index < -0.39 is 6.10 Å². The molecule has 0 fully saturated rings. The first-order chi connectivity index (χ1) is 13.4. The van der Waals surface area contributed by atoms with Crippen LogP contribution in [0.15, 0.2) is 55.1 Å². The van der Waals surface area contributed by atoms with E-state index in [9.17, 15) is 5.11 Å². The van der Waals surface area contributed by atoms with Gasteiger partial charge in [0, 0.05) is 34.6 Å². The van der Waals surface area contributed by atoms with Crippen molar-refractivity contribution in [3.05, 3.63) is 60.7 Å². The first kappa shape index (κ1) is 18.3.